The highest BCUT2D eigenvalue weighted by Crippen LogP contribution is 2.37. The fraction of sp³-hybridized carbons (Fsp3) is 0.692. The zero-order valence-corrected chi connectivity index (χ0v) is 11.8. The van der Waals surface area contributed by atoms with Crippen molar-refractivity contribution in [3.05, 3.63) is 20.8 Å². The van der Waals surface area contributed by atoms with Gasteiger partial charge in [0.1, 0.15) is 0 Å². The van der Waals surface area contributed by atoms with E-state index in [0.717, 1.165) is 30.0 Å². The second kappa shape index (κ2) is 6.19. The van der Waals surface area contributed by atoms with E-state index in [1.165, 1.54) is 16.9 Å². The maximum absolute atomic E-state index is 9.75. The van der Waals surface area contributed by atoms with Gasteiger partial charge >= 0.3 is 0 Å². The summed E-state index contributed by atoms with van der Waals surface area (Å²) in [6.45, 7) is 2.78. The molecule has 0 bridgehead atoms. The number of hydrogen-bond donors (Lipinski definition) is 2. The summed E-state index contributed by atoms with van der Waals surface area (Å²) in [6.07, 6.45) is 5.20. The van der Waals surface area contributed by atoms with Crippen LogP contribution in [0.1, 0.15) is 49.1 Å². The molecule has 1 aliphatic carbocycles. The summed E-state index contributed by atoms with van der Waals surface area (Å²) in [5.41, 5.74) is 1.36. The zero-order valence-electron chi connectivity index (χ0n) is 10.2. The van der Waals surface area contributed by atoms with Crippen LogP contribution in [0.3, 0.4) is 0 Å². The predicted octanol–water partition coefficient (Wildman–Crippen LogP) is 3.53. The van der Waals surface area contributed by atoms with E-state index in [1.54, 1.807) is 11.3 Å². The van der Waals surface area contributed by atoms with Gasteiger partial charge in [0, 0.05) is 17.5 Å². The molecule has 2 N–H and O–H groups in total. The van der Waals surface area contributed by atoms with Gasteiger partial charge in [-0.05, 0) is 37.3 Å². The fourth-order valence-corrected chi connectivity index (χ4v) is 3.83. The molecule has 1 aliphatic rings. The van der Waals surface area contributed by atoms with E-state index in [1.807, 2.05) is 0 Å². The molecular formula is C13H20ClNOS. The SMILES string of the molecule is CCCC(O)CNC1CCCc2sc(Cl)cc21. The number of nitrogens with one attached hydrogen (secondary N) is 1. The number of aliphatic hydroxyl groups excluding tert-OH is 1. The van der Waals surface area contributed by atoms with E-state index >= 15 is 0 Å². The van der Waals surface area contributed by atoms with Gasteiger partial charge in [0.15, 0.2) is 0 Å². The van der Waals surface area contributed by atoms with Gasteiger partial charge in [0.05, 0.1) is 10.4 Å². The number of fused-ring (bicyclic) bond motifs is 1. The van der Waals surface area contributed by atoms with E-state index in [-0.39, 0.29) is 6.10 Å². The summed E-state index contributed by atoms with van der Waals surface area (Å²) < 4.78 is 0.887. The average Bonchev–Trinajstić information content (AvgIpc) is 2.67. The average molecular weight is 274 g/mol. The lowest BCUT2D eigenvalue weighted by Gasteiger charge is -2.25. The minimum absolute atomic E-state index is 0.223. The summed E-state index contributed by atoms with van der Waals surface area (Å²) in [5.74, 6) is 0. The molecule has 17 heavy (non-hydrogen) atoms. The Morgan fingerprint density at radius 3 is 3.24 bits per heavy atom. The summed E-state index contributed by atoms with van der Waals surface area (Å²) in [5, 5.41) is 13.2. The maximum atomic E-state index is 9.75. The molecule has 2 rings (SSSR count). The van der Waals surface area contributed by atoms with Crippen molar-refractivity contribution in [2.75, 3.05) is 6.54 Å². The first kappa shape index (κ1) is 13.3. The highest BCUT2D eigenvalue weighted by atomic mass is 35.5. The van der Waals surface area contributed by atoms with Gasteiger partial charge in [-0.3, -0.25) is 0 Å². The van der Waals surface area contributed by atoms with E-state index in [0.29, 0.717) is 12.6 Å². The van der Waals surface area contributed by atoms with E-state index < -0.39 is 0 Å². The van der Waals surface area contributed by atoms with Crippen molar-refractivity contribution in [3.8, 4) is 0 Å². The van der Waals surface area contributed by atoms with Gasteiger partial charge in [-0.1, -0.05) is 24.9 Å². The Bertz CT molecular complexity index is 366. The van der Waals surface area contributed by atoms with E-state index in [9.17, 15) is 5.11 Å². The van der Waals surface area contributed by atoms with Crippen LogP contribution in [0, 0.1) is 0 Å². The maximum Gasteiger partial charge on any atom is 0.0934 e. The molecular weight excluding hydrogens is 254 g/mol. The fourth-order valence-electron chi connectivity index (χ4n) is 2.45. The van der Waals surface area contributed by atoms with Gasteiger partial charge in [0.25, 0.3) is 0 Å². The first-order valence-corrected chi connectivity index (χ1v) is 7.59. The monoisotopic (exact) mass is 273 g/mol. The number of hydrogen-bond acceptors (Lipinski definition) is 3. The number of rotatable bonds is 5. The third-order valence-electron chi connectivity index (χ3n) is 3.31. The zero-order chi connectivity index (χ0) is 12.3. The van der Waals surface area contributed by atoms with E-state index in [2.05, 4.69) is 18.3 Å². The van der Waals surface area contributed by atoms with Crippen LogP contribution in [-0.2, 0) is 6.42 Å². The number of aliphatic hydroxyl groups is 1. The lowest BCUT2D eigenvalue weighted by molar-refractivity contribution is 0.155. The molecule has 1 aromatic rings. The van der Waals surface area contributed by atoms with Crippen LogP contribution in [0.25, 0.3) is 0 Å². The Morgan fingerprint density at radius 1 is 1.65 bits per heavy atom. The molecule has 1 heterocycles. The smallest absolute Gasteiger partial charge is 0.0934 e. The quantitative estimate of drug-likeness (QED) is 0.860. The molecule has 0 saturated carbocycles. The van der Waals surface area contributed by atoms with Crippen LogP contribution in [0.2, 0.25) is 4.34 Å². The first-order valence-electron chi connectivity index (χ1n) is 6.40. The Kier molecular flexibility index (Phi) is 4.86. The lowest BCUT2D eigenvalue weighted by atomic mass is 9.94. The molecule has 2 unspecified atom stereocenters. The molecule has 0 aliphatic heterocycles. The Balaban J connectivity index is 1.94. The Hall–Kier alpha value is -0.0900. The topological polar surface area (TPSA) is 32.3 Å². The summed E-state index contributed by atoms with van der Waals surface area (Å²) >= 11 is 7.77. The number of aryl methyl sites for hydroxylation is 1. The largest absolute Gasteiger partial charge is 0.392 e. The molecule has 0 radical (unpaired) electrons. The van der Waals surface area contributed by atoms with Crippen molar-refractivity contribution < 1.29 is 5.11 Å². The summed E-state index contributed by atoms with van der Waals surface area (Å²) in [4.78, 5) is 1.42. The molecule has 4 heteroatoms. The van der Waals surface area contributed by atoms with E-state index in [4.69, 9.17) is 11.6 Å². The Labute approximate surface area is 112 Å². The van der Waals surface area contributed by atoms with Crippen LogP contribution < -0.4 is 5.32 Å². The minimum atomic E-state index is -0.223. The molecule has 1 aromatic heterocycles. The van der Waals surface area contributed by atoms with Crippen LogP contribution in [-0.4, -0.2) is 17.8 Å². The molecule has 2 atom stereocenters. The van der Waals surface area contributed by atoms with Crippen molar-refractivity contribution in [2.24, 2.45) is 0 Å². The van der Waals surface area contributed by atoms with Crippen molar-refractivity contribution >= 4 is 22.9 Å². The molecule has 2 nitrogen and oxygen atoms in total. The minimum Gasteiger partial charge on any atom is -0.392 e. The molecule has 0 saturated heterocycles. The molecule has 0 aromatic carbocycles. The third kappa shape index (κ3) is 3.44. The standard InChI is InChI=1S/C13H20ClNOS/c1-2-4-9(16)8-15-11-5-3-6-12-10(11)7-13(14)17-12/h7,9,11,15-16H,2-6,8H2,1H3. The third-order valence-corrected chi connectivity index (χ3v) is 4.65. The van der Waals surface area contributed by atoms with Gasteiger partial charge < -0.3 is 10.4 Å². The highest BCUT2D eigenvalue weighted by Gasteiger charge is 2.22. The van der Waals surface area contributed by atoms with Crippen LogP contribution in [0.15, 0.2) is 6.07 Å². The predicted molar refractivity (Wildman–Crippen MR) is 73.9 cm³/mol. The van der Waals surface area contributed by atoms with Crippen molar-refractivity contribution in [1.82, 2.24) is 5.32 Å². The van der Waals surface area contributed by atoms with Crippen molar-refractivity contribution in [2.45, 2.75) is 51.2 Å². The normalized spacial score (nSPS) is 21.2. The molecule has 0 spiro atoms. The molecule has 96 valence electrons. The highest BCUT2D eigenvalue weighted by molar-refractivity contribution is 7.16. The summed E-state index contributed by atoms with van der Waals surface area (Å²) in [7, 11) is 0. The van der Waals surface area contributed by atoms with Gasteiger partial charge in [-0.25, -0.2) is 0 Å². The number of thiophene rings is 1. The molecule has 0 amide bonds. The summed E-state index contributed by atoms with van der Waals surface area (Å²) in [6, 6.07) is 2.47. The van der Waals surface area contributed by atoms with Crippen LogP contribution >= 0.6 is 22.9 Å². The van der Waals surface area contributed by atoms with Crippen molar-refractivity contribution in [1.29, 1.82) is 0 Å². The van der Waals surface area contributed by atoms with Gasteiger partial charge in [-0.15, -0.1) is 11.3 Å². The van der Waals surface area contributed by atoms with Gasteiger partial charge in [-0.2, -0.15) is 0 Å². The van der Waals surface area contributed by atoms with Crippen LogP contribution in [0.5, 0.6) is 0 Å². The second-order valence-electron chi connectivity index (χ2n) is 4.72. The van der Waals surface area contributed by atoms with Crippen molar-refractivity contribution in [3.63, 3.8) is 0 Å². The Morgan fingerprint density at radius 2 is 2.47 bits per heavy atom. The number of halogens is 1. The second-order valence-corrected chi connectivity index (χ2v) is 6.49. The lowest BCUT2D eigenvalue weighted by Crippen LogP contribution is -2.31. The van der Waals surface area contributed by atoms with Crippen LogP contribution in [0.4, 0.5) is 0 Å². The molecule has 0 fully saturated rings. The first-order chi connectivity index (χ1) is 8.20. The van der Waals surface area contributed by atoms with Gasteiger partial charge in [0.2, 0.25) is 0 Å².